The molecule has 0 bridgehead atoms. The zero-order valence-electron chi connectivity index (χ0n) is 10.6. The first kappa shape index (κ1) is 14.4. The van der Waals surface area contributed by atoms with Gasteiger partial charge in [-0.1, -0.05) is 27.7 Å². The van der Waals surface area contributed by atoms with E-state index < -0.39 is 0 Å². The summed E-state index contributed by atoms with van der Waals surface area (Å²) in [6, 6.07) is 0. The average Bonchev–Trinajstić information content (AvgIpc) is 2.13. The van der Waals surface area contributed by atoms with E-state index in [-0.39, 0.29) is 11.9 Å². The highest BCUT2D eigenvalue weighted by atomic mass is 16.5. The summed E-state index contributed by atoms with van der Waals surface area (Å²) in [7, 11) is 0. The van der Waals surface area contributed by atoms with Crippen molar-refractivity contribution in [3.8, 4) is 0 Å². The molecular formula is C12H24O3. The molecule has 1 atom stereocenters. The Balaban J connectivity index is 3.60. The second-order valence-corrected chi connectivity index (χ2v) is 4.86. The number of carbonyl (C=O) groups excluding carboxylic acids is 1. The maximum atomic E-state index is 11.4. The van der Waals surface area contributed by atoms with Crippen LogP contribution in [0.2, 0.25) is 0 Å². The zero-order chi connectivity index (χ0) is 11.8. The van der Waals surface area contributed by atoms with E-state index in [4.69, 9.17) is 9.47 Å². The normalized spacial score (nSPS) is 13.3. The second-order valence-electron chi connectivity index (χ2n) is 4.86. The number of hydrogen-bond acceptors (Lipinski definition) is 3. The van der Waals surface area contributed by atoms with Crippen LogP contribution in [0.4, 0.5) is 0 Å². The van der Waals surface area contributed by atoms with Crippen molar-refractivity contribution in [1.82, 2.24) is 0 Å². The van der Waals surface area contributed by atoms with E-state index in [0.717, 1.165) is 0 Å². The van der Waals surface area contributed by atoms with Crippen LogP contribution in [0.25, 0.3) is 0 Å². The number of esters is 1. The van der Waals surface area contributed by atoms with Crippen LogP contribution >= 0.6 is 0 Å². The Morgan fingerprint density at radius 3 is 1.93 bits per heavy atom. The molecule has 0 aliphatic carbocycles. The van der Waals surface area contributed by atoms with Gasteiger partial charge in [0.05, 0.1) is 19.1 Å². The molecule has 15 heavy (non-hydrogen) atoms. The molecule has 0 N–H and O–H groups in total. The van der Waals surface area contributed by atoms with Crippen LogP contribution in [0.5, 0.6) is 0 Å². The average molecular weight is 216 g/mol. The molecule has 0 saturated heterocycles. The highest BCUT2D eigenvalue weighted by molar-refractivity contribution is 5.72. The molecule has 3 nitrogen and oxygen atoms in total. The largest absolute Gasteiger partial charge is 0.465 e. The summed E-state index contributed by atoms with van der Waals surface area (Å²) in [4.78, 5) is 11.4. The molecule has 0 aromatic rings. The summed E-state index contributed by atoms with van der Waals surface area (Å²) in [5.41, 5.74) is 0. The maximum absolute atomic E-state index is 11.4. The monoisotopic (exact) mass is 216 g/mol. The molecule has 0 spiro atoms. The highest BCUT2D eigenvalue weighted by Gasteiger charge is 2.15. The molecule has 0 heterocycles. The first-order valence-electron chi connectivity index (χ1n) is 5.67. The van der Waals surface area contributed by atoms with Gasteiger partial charge in [-0.15, -0.1) is 0 Å². The van der Waals surface area contributed by atoms with E-state index in [1.165, 1.54) is 0 Å². The van der Waals surface area contributed by atoms with Crippen LogP contribution in [0.15, 0.2) is 0 Å². The lowest BCUT2D eigenvalue weighted by Crippen LogP contribution is -2.22. The van der Waals surface area contributed by atoms with Crippen LogP contribution in [0.3, 0.4) is 0 Å². The van der Waals surface area contributed by atoms with Gasteiger partial charge in [-0.05, 0) is 18.8 Å². The molecule has 0 aliphatic rings. The smallest absolute Gasteiger partial charge is 0.311 e. The fourth-order valence-corrected chi connectivity index (χ4v) is 0.940. The molecule has 3 heteroatoms. The van der Waals surface area contributed by atoms with E-state index >= 15 is 0 Å². The van der Waals surface area contributed by atoms with Gasteiger partial charge in [-0.2, -0.15) is 0 Å². The van der Waals surface area contributed by atoms with E-state index in [0.29, 0.717) is 31.7 Å². The van der Waals surface area contributed by atoms with Gasteiger partial charge >= 0.3 is 5.97 Å². The zero-order valence-corrected chi connectivity index (χ0v) is 10.6. The van der Waals surface area contributed by atoms with Gasteiger partial charge in [-0.25, -0.2) is 0 Å². The van der Waals surface area contributed by atoms with Gasteiger partial charge in [0, 0.05) is 6.61 Å². The molecule has 1 unspecified atom stereocenters. The van der Waals surface area contributed by atoms with Crippen LogP contribution in [-0.4, -0.2) is 25.8 Å². The van der Waals surface area contributed by atoms with Gasteiger partial charge in [0.25, 0.3) is 0 Å². The molecule has 0 amide bonds. The molecule has 0 fully saturated rings. The van der Waals surface area contributed by atoms with Gasteiger partial charge in [0.1, 0.15) is 0 Å². The number of carbonyl (C=O) groups is 1. The summed E-state index contributed by atoms with van der Waals surface area (Å²) in [6.45, 7) is 11.7. The topological polar surface area (TPSA) is 35.5 Å². The number of hydrogen-bond donors (Lipinski definition) is 0. The predicted octanol–water partition coefficient (Wildman–Crippen LogP) is 2.49. The molecule has 90 valence electrons. The second kappa shape index (κ2) is 7.69. The third-order valence-corrected chi connectivity index (χ3v) is 1.78. The minimum absolute atomic E-state index is 0.160. The highest BCUT2D eigenvalue weighted by Crippen LogP contribution is 2.03. The third kappa shape index (κ3) is 8.43. The molecule has 0 aliphatic heterocycles. The Hall–Kier alpha value is -0.570. The number of ether oxygens (including phenoxy) is 2. The fourth-order valence-electron chi connectivity index (χ4n) is 0.940. The summed E-state index contributed by atoms with van der Waals surface area (Å²) in [5, 5.41) is 0. The van der Waals surface area contributed by atoms with Crippen LogP contribution in [-0.2, 0) is 14.3 Å². The van der Waals surface area contributed by atoms with Crippen molar-refractivity contribution in [2.75, 3.05) is 19.8 Å². The predicted molar refractivity (Wildman–Crippen MR) is 60.6 cm³/mol. The standard InChI is InChI=1S/C12H24O3/c1-9(2)6-14-8-11(5)12(13)15-7-10(3)4/h9-11H,6-8H2,1-5H3. The summed E-state index contributed by atoms with van der Waals surface area (Å²) < 4.78 is 10.5. The van der Waals surface area contributed by atoms with Crippen molar-refractivity contribution in [1.29, 1.82) is 0 Å². The Bertz CT molecular complexity index is 176. The van der Waals surface area contributed by atoms with E-state index in [1.807, 2.05) is 20.8 Å². The minimum atomic E-state index is -0.164. The molecular weight excluding hydrogens is 192 g/mol. The van der Waals surface area contributed by atoms with Crippen molar-refractivity contribution >= 4 is 5.97 Å². The van der Waals surface area contributed by atoms with Gasteiger partial charge in [0.2, 0.25) is 0 Å². The first-order chi connectivity index (χ1) is 6.93. The molecule has 0 radical (unpaired) electrons. The maximum Gasteiger partial charge on any atom is 0.311 e. The quantitative estimate of drug-likeness (QED) is 0.613. The lowest BCUT2D eigenvalue weighted by Gasteiger charge is -2.14. The Morgan fingerprint density at radius 2 is 1.47 bits per heavy atom. The Kier molecular flexibility index (Phi) is 7.39. The minimum Gasteiger partial charge on any atom is -0.465 e. The molecule has 0 aromatic carbocycles. The van der Waals surface area contributed by atoms with Gasteiger partial charge < -0.3 is 9.47 Å². The Labute approximate surface area is 93.1 Å². The SMILES string of the molecule is CC(C)COCC(C)C(=O)OCC(C)C. The van der Waals surface area contributed by atoms with E-state index in [1.54, 1.807) is 0 Å². The van der Waals surface area contributed by atoms with Gasteiger partial charge in [0.15, 0.2) is 0 Å². The van der Waals surface area contributed by atoms with Crippen molar-refractivity contribution in [2.45, 2.75) is 34.6 Å². The molecule has 0 aromatic heterocycles. The van der Waals surface area contributed by atoms with E-state index in [2.05, 4.69) is 13.8 Å². The Morgan fingerprint density at radius 1 is 0.933 bits per heavy atom. The molecule has 0 rings (SSSR count). The number of rotatable bonds is 7. The van der Waals surface area contributed by atoms with Crippen LogP contribution in [0.1, 0.15) is 34.6 Å². The lowest BCUT2D eigenvalue weighted by atomic mass is 10.2. The van der Waals surface area contributed by atoms with Gasteiger partial charge in [-0.3, -0.25) is 4.79 Å². The van der Waals surface area contributed by atoms with Crippen LogP contribution < -0.4 is 0 Å². The van der Waals surface area contributed by atoms with Crippen LogP contribution in [0, 0.1) is 17.8 Å². The first-order valence-corrected chi connectivity index (χ1v) is 5.67. The summed E-state index contributed by atoms with van der Waals surface area (Å²) >= 11 is 0. The van der Waals surface area contributed by atoms with Crippen molar-refractivity contribution in [3.05, 3.63) is 0 Å². The van der Waals surface area contributed by atoms with Crippen molar-refractivity contribution in [3.63, 3.8) is 0 Å². The lowest BCUT2D eigenvalue weighted by molar-refractivity contribution is -0.151. The summed E-state index contributed by atoms with van der Waals surface area (Å²) in [5.74, 6) is 0.566. The van der Waals surface area contributed by atoms with Crippen molar-refractivity contribution in [2.24, 2.45) is 17.8 Å². The third-order valence-electron chi connectivity index (χ3n) is 1.78. The fraction of sp³-hybridized carbons (Fsp3) is 0.917. The van der Waals surface area contributed by atoms with E-state index in [9.17, 15) is 4.79 Å². The van der Waals surface area contributed by atoms with Crippen molar-refractivity contribution < 1.29 is 14.3 Å². The molecule has 0 saturated carbocycles. The summed E-state index contributed by atoms with van der Waals surface area (Å²) in [6.07, 6.45) is 0.